The fourth-order valence-electron chi connectivity index (χ4n) is 9.44. The van der Waals surface area contributed by atoms with Crippen LogP contribution in [0.25, 0.3) is 106 Å². The van der Waals surface area contributed by atoms with Crippen LogP contribution in [0.4, 0.5) is 0 Å². The van der Waals surface area contributed by atoms with Crippen LogP contribution < -0.4 is 0 Å². The molecule has 5 heteroatoms. The molecule has 1 aliphatic rings. The van der Waals surface area contributed by atoms with Crippen LogP contribution in [0.15, 0.2) is 186 Å². The maximum Gasteiger partial charge on any atom is 0.164 e. The largest absolute Gasteiger partial charge is 0.456 e. The van der Waals surface area contributed by atoms with Gasteiger partial charge in [-0.05, 0) is 70.3 Å². The first kappa shape index (κ1) is 33.5. The van der Waals surface area contributed by atoms with Gasteiger partial charge in [0, 0.05) is 54.9 Å². The molecule has 0 amide bonds. The lowest BCUT2D eigenvalue weighted by atomic mass is 9.82. The zero-order valence-corrected chi connectivity index (χ0v) is 32.5. The average Bonchev–Trinajstić information content (AvgIpc) is 3.92. The maximum atomic E-state index is 6.53. The summed E-state index contributed by atoms with van der Waals surface area (Å²) in [5, 5.41) is 4.45. The van der Waals surface area contributed by atoms with E-state index in [1.165, 1.54) is 44.1 Å². The summed E-state index contributed by atoms with van der Waals surface area (Å²) in [4.78, 5) is 15.1. The second-order valence-corrected chi connectivity index (χ2v) is 16.0. The second-order valence-electron chi connectivity index (χ2n) is 16.0. The molecule has 3 aromatic heterocycles. The molecule has 0 spiro atoms. The van der Waals surface area contributed by atoms with Crippen LogP contribution in [-0.2, 0) is 5.41 Å². The second kappa shape index (κ2) is 12.7. The van der Waals surface area contributed by atoms with Crippen molar-refractivity contribution in [1.82, 2.24) is 19.5 Å². The molecule has 0 bridgehead atoms. The Morgan fingerprint density at radius 1 is 0.441 bits per heavy atom. The highest BCUT2D eigenvalue weighted by Gasteiger charge is 2.37. The molecule has 0 radical (unpaired) electrons. The summed E-state index contributed by atoms with van der Waals surface area (Å²) in [6.07, 6.45) is 0. The van der Waals surface area contributed by atoms with Crippen molar-refractivity contribution in [3.05, 3.63) is 193 Å². The molecule has 3 heterocycles. The van der Waals surface area contributed by atoms with Crippen LogP contribution in [-0.4, -0.2) is 19.5 Å². The molecular weight excluding hydrogens is 721 g/mol. The molecule has 12 rings (SSSR count). The molecule has 0 aliphatic heterocycles. The predicted molar refractivity (Wildman–Crippen MR) is 241 cm³/mol. The van der Waals surface area contributed by atoms with Gasteiger partial charge in [0.25, 0.3) is 0 Å². The molecule has 0 saturated heterocycles. The Balaban J connectivity index is 1.06. The predicted octanol–water partition coefficient (Wildman–Crippen LogP) is 13.8. The van der Waals surface area contributed by atoms with Gasteiger partial charge in [-0.15, -0.1) is 0 Å². The number of aromatic nitrogens is 4. The Morgan fingerprint density at radius 3 is 1.78 bits per heavy atom. The Kier molecular flexibility index (Phi) is 7.20. The van der Waals surface area contributed by atoms with E-state index in [9.17, 15) is 0 Å². The quantitative estimate of drug-likeness (QED) is 0.175. The summed E-state index contributed by atoms with van der Waals surface area (Å²) >= 11 is 0. The molecule has 8 aromatic carbocycles. The zero-order valence-electron chi connectivity index (χ0n) is 32.5. The van der Waals surface area contributed by atoms with Gasteiger partial charge in [-0.2, -0.15) is 0 Å². The Hall–Kier alpha value is -7.63. The molecule has 0 atom stereocenters. The van der Waals surface area contributed by atoms with Gasteiger partial charge in [-0.25, -0.2) is 15.0 Å². The molecule has 5 nitrogen and oxygen atoms in total. The maximum absolute atomic E-state index is 6.53. The molecular formula is C54H36N4O. The minimum absolute atomic E-state index is 0.0988. The van der Waals surface area contributed by atoms with Crippen molar-refractivity contribution in [3.8, 4) is 62.1 Å². The first-order valence-electron chi connectivity index (χ1n) is 20.1. The fraction of sp³-hybridized carbons (Fsp3) is 0.0556. The highest BCUT2D eigenvalue weighted by atomic mass is 16.3. The van der Waals surface area contributed by atoms with Gasteiger partial charge in [0.1, 0.15) is 11.2 Å². The van der Waals surface area contributed by atoms with Crippen molar-refractivity contribution in [1.29, 1.82) is 0 Å². The van der Waals surface area contributed by atoms with E-state index in [2.05, 4.69) is 128 Å². The van der Waals surface area contributed by atoms with Gasteiger partial charge in [-0.3, -0.25) is 0 Å². The summed E-state index contributed by atoms with van der Waals surface area (Å²) in [6, 6.07) is 64.2. The summed E-state index contributed by atoms with van der Waals surface area (Å²) in [5.41, 5.74) is 15.5. The molecule has 278 valence electrons. The van der Waals surface area contributed by atoms with E-state index in [4.69, 9.17) is 19.4 Å². The van der Waals surface area contributed by atoms with Crippen LogP contribution in [0.2, 0.25) is 0 Å². The minimum Gasteiger partial charge on any atom is -0.456 e. The van der Waals surface area contributed by atoms with Crippen LogP contribution >= 0.6 is 0 Å². The lowest BCUT2D eigenvalue weighted by Gasteiger charge is -2.21. The first-order valence-corrected chi connectivity index (χ1v) is 20.1. The van der Waals surface area contributed by atoms with Crippen molar-refractivity contribution in [2.45, 2.75) is 19.3 Å². The Bertz CT molecular complexity index is 3400. The molecule has 59 heavy (non-hydrogen) atoms. The highest BCUT2D eigenvalue weighted by molar-refractivity contribution is 6.17. The van der Waals surface area contributed by atoms with Gasteiger partial charge in [-0.1, -0.05) is 153 Å². The van der Waals surface area contributed by atoms with Crippen molar-refractivity contribution >= 4 is 43.7 Å². The van der Waals surface area contributed by atoms with E-state index >= 15 is 0 Å². The van der Waals surface area contributed by atoms with Crippen molar-refractivity contribution in [2.75, 3.05) is 0 Å². The third-order valence-corrected chi connectivity index (χ3v) is 12.3. The van der Waals surface area contributed by atoms with Crippen molar-refractivity contribution < 1.29 is 4.42 Å². The van der Waals surface area contributed by atoms with E-state index in [0.29, 0.717) is 17.5 Å². The van der Waals surface area contributed by atoms with Gasteiger partial charge in [0.2, 0.25) is 0 Å². The number of hydrogen-bond donors (Lipinski definition) is 0. The Labute approximate surface area is 340 Å². The summed E-state index contributed by atoms with van der Waals surface area (Å²) in [5.74, 6) is 1.85. The van der Waals surface area contributed by atoms with Gasteiger partial charge >= 0.3 is 0 Å². The summed E-state index contributed by atoms with van der Waals surface area (Å²) in [6.45, 7) is 4.70. The van der Waals surface area contributed by atoms with E-state index in [1.807, 2.05) is 72.8 Å². The summed E-state index contributed by atoms with van der Waals surface area (Å²) in [7, 11) is 0. The van der Waals surface area contributed by atoms with E-state index in [-0.39, 0.29) is 5.41 Å². The van der Waals surface area contributed by atoms with Crippen LogP contribution in [0.5, 0.6) is 0 Å². The molecule has 11 aromatic rings. The number of fused-ring (bicyclic) bond motifs is 10. The number of rotatable bonds is 5. The van der Waals surface area contributed by atoms with Crippen molar-refractivity contribution in [2.24, 2.45) is 0 Å². The Morgan fingerprint density at radius 2 is 1.05 bits per heavy atom. The molecule has 0 fully saturated rings. The van der Waals surface area contributed by atoms with Crippen LogP contribution in [0.3, 0.4) is 0 Å². The minimum atomic E-state index is -0.0988. The zero-order chi connectivity index (χ0) is 39.2. The lowest BCUT2D eigenvalue weighted by molar-refractivity contribution is 0.661. The smallest absolute Gasteiger partial charge is 0.164 e. The van der Waals surface area contributed by atoms with Crippen molar-refractivity contribution in [3.63, 3.8) is 0 Å². The third-order valence-electron chi connectivity index (χ3n) is 12.3. The highest BCUT2D eigenvalue weighted by Crippen LogP contribution is 2.53. The van der Waals surface area contributed by atoms with E-state index in [1.54, 1.807) is 0 Å². The topological polar surface area (TPSA) is 56.7 Å². The number of benzene rings is 8. The molecule has 0 unspecified atom stereocenters. The molecule has 0 N–H and O–H groups in total. The molecule has 0 saturated carbocycles. The number of furan rings is 1. The van der Waals surface area contributed by atoms with Gasteiger partial charge in [0.15, 0.2) is 17.5 Å². The van der Waals surface area contributed by atoms with Gasteiger partial charge < -0.3 is 8.98 Å². The monoisotopic (exact) mass is 756 g/mol. The van der Waals surface area contributed by atoms with E-state index < -0.39 is 0 Å². The summed E-state index contributed by atoms with van der Waals surface area (Å²) < 4.78 is 8.99. The van der Waals surface area contributed by atoms with Gasteiger partial charge in [0.05, 0.1) is 11.0 Å². The van der Waals surface area contributed by atoms with Crippen LogP contribution in [0.1, 0.15) is 25.0 Å². The number of para-hydroxylation sites is 1. The average molecular weight is 757 g/mol. The normalized spacial score (nSPS) is 13.1. The molecule has 1 aliphatic carbocycles. The fourth-order valence-corrected chi connectivity index (χ4v) is 9.44. The third kappa shape index (κ3) is 5.08. The van der Waals surface area contributed by atoms with E-state index in [0.717, 1.165) is 55.4 Å². The SMILES string of the molecule is CC1(C)c2ccccc2-c2c1ccc1c3cc(-c4ccc5oc6cccc(-c7nc(-c8ccccc8)nc(-c8ccccc8)n7)c6c5c4)ccc3n(-c3ccccc3)c21. The lowest BCUT2D eigenvalue weighted by Crippen LogP contribution is -2.14. The first-order chi connectivity index (χ1) is 29.0. The number of nitrogens with zero attached hydrogens (tertiary/aromatic N) is 4. The number of hydrogen-bond acceptors (Lipinski definition) is 4. The van der Waals surface area contributed by atoms with Crippen LogP contribution in [0, 0.1) is 0 Å². The standard InChI is InChI=1S/C54H36N4O/c1-54(2)43-23-13-12-21-39(43)49-44(54)28-27-38-41-31-35(25-29-45(41)58(50(38)49)37-19-10-5-11-20-37)36-26-30-46-42(32-36)48-40(22-14-24-47(48)59-46)53-56-51(33-15-6-3-7-16-33)55-52(57-53)34-17-8-4-9-18-34/h3-32H,1-2H3.